The van der Waals surface area contributed by atoms with Crippen LogP contribution in [0.2, 0.25) is 10.0 Å². The first-order chi connectivity index (χ1) is 10.6. The van der Waals surface area contributed by atoms with Crippen molar-refractivity contribution in [3.63, 3.8) is 0 Å². The number of halogens is 2. The second-order valence-electron chi connectivity index (χ2n) is 4.48. The molecule has 0 amide bonds. The lowest BCUT2D eigenvalue weighted by Crippen LogP contribution is -1.90. The SMILES string of the molecule is N#CC(=C(O)c1cc(Cl)cc(Cl)c1)c1nc2ccccc2s1. The van der Waals surface area contributed by atoms with Crippen LogP contribution in [0.25, 0.3) is 21.5 Å². The molecule has 0 aliphatic carbocycles. The van der Waals surface area contributed by atoms with Crippen molar-refractivity contribution in [2.24, 2.45) is 0 Å². The van der Waals surface area contributed by atoms with E-state index < -0.39 is 0 Å². The van der Waals surface area contributed by atoms with Gasteiger partial charge in [-0.15, -0.1) is 11.3 Å². The van der Waals surface area contributed by atoms with E-state index in [1.165, 1.54) is 11.3 Å². The van der Waals surface area contributed by atoms with Crippen LogP contribution in [0.1, 0.15) is 10.6 Å². The lowest BCUT2D eigenvalue weighted by molar-refractivity contribution is 0.514. The largest absolute Gasteiger partial charge is 0.506 e. The van der Waals surface area contributed by atoms with E-state index in [2.05, 4.69) is 4.98 Å². The summed E-state index contributed by atoms with van der Waals surface area (Å²) in [5.74, 6) is -0.189. The van der Waals surface area contributed by atoms with Gasteiger partial charge in [-0.25, -0.2) is 4.98 Å². The van der Waals surface area contributed by atoms with Gasteiger partial charge in [-0.3, -0.25) is 0 Å². The maximum absolute atomic E-state index is 10.4. The van der Waals surface area contributed by atoms with Gasteiger partial charge in [-0.1, -0.05) is 35.3 Å². The number of benzene rings is 2. The molecule has 0 radical (unpaired) electrons. The lowest BCUT2D eigenvalue weighted by Gasteiger charge is -2.04. The topological polar surface area (TPSA) is 56.9 Å². The number of nitriles is 1. The Labute approximate surface area is 140 Å². The molecule has 0 atom stereocenters. The number of nitrogens with zero attached hydrogens (tertiary/aromatic N) is 2. The van der Waals surface area contributed by atoms with E-state index in [0.29, 0.717) is 20.6 Å². The van der Waals surface area contributed by atoms with Crippen molar-refractivity contribution < 1.29 is 5.11 Å². The van der Waals surface area contributed by atoms with Gasteiger partial charge >= 0.3 is 0 Å². The Morgan fingerprint density at radius 3 is 2.45 bits per heavy atom. The van der Waals surface area contributed by atoms with Crippen LogP contribution in [0.15, 0.2) is 42.5 Å². The molecule has 0 saturated heterocycles. The Morgan fingerprint density at radius 1 is 1.14 bits per heavy atom. The number of hydrogen-bond donors (Lipinski definition) is 1. The first-order valence-corrected chi connectivity index (χ1v) is 7.81. The molecule has 0 aliphatic heterocycles. The molecule has 1 heterocycles. The minimum Gasteiger partial charge on any atom is -0.506 e. The number of para-hydroxylation sites is 1. The Kier molecular flexibility index (Phi) is 4.04. The minimum atomic E-state index is -0.189. The third-order valence-electron chi connectivity index (χ3n) is 2.99. The summed E-state index contributed by atoms with van der Waals surface area (Å²) in [6.07, 6.45) is 0. The quantitative estimate of drug-likeness (QED) is 0.488. The van der Waals surface area contributed by atoms with Crippen molar-refractivity contribution in [3.8, 4) is 6.07 Å². The van der Waals surface area contributed by atoms with Crippen molar-refractivity contribution in [2.75, 3.05) is 0 Å². The predicted molar refractivity (Wildman–Crippen MR) is 91.1 cm³/mol. The fourth-order valence-electron chi connectivity index (χ4n) is 2.02. The summed E-state index contributed by atoms with van der Waals surface area (Å²) < 4.78 is 0.946. The van der Waals surface area contributed by atoms with Crippen LogP contribution in [-0.2, 0) is 0 Å². The molecule has 1 N–H and O–H groups in total. The van der Waals surface area contributed by atoms with Crippen LogP contribution in [-0.4, -0.2) is 10.1 Å². The molecule has 0 bridgehead atoms. The van der Waals surface area contributed by atoms with Crippen molar-refractivity contribution in [1.29, 1.82) is 5.26 Å². The van der Waals surface area contributed by atoms with E-state index in [1.54, 1.807) is 18.2 Å². The van der Waals surface area contributed by atoms with Crippen LogP contribution in [0.3, 0.4) is 0 Å². The highest BCUT2D eigenvalue weighted by molar-refractivity contribution is 7.19. The van der Waals surface area contributed by atoms with Crippen LogP contribution in [0, 0.1) is 11.3 Å². The van der Waals surface area contributed by atoms with Gasteiger partial charge < -0.3 is 5.11 Å². The van der Waals surface area contributed by atoms with Gasteiger partial charge in [0.1, 0.15) is 22.4 Å². The molecule has 0 aliphatic rings. The van der Waals surface area contributed by atoms with Crippen LogP contribution >= 0.6 is 34.5 Å². The van der Waals surface area contributed by atoms with Gasteiger partial charge in [-0.05, 0) is 30.3 Å². The normalized spacial score (nSPS) is 12.0. The molecule has 108 valence electrons. The maximum atomic E-state index is 10.4. The standard InChI is InChI=1S/C16H8Cl2N2OS/c17-10-5-9(6-11(18)7-10)15(21)12(8-19)16-20-13-3-1-2-4-14(13)22-16/h1-7,21H. The highest BCUT2D eigenvalue weighted by Crippen LogP contribution is 2.32. The smallest absolute Gasteiger partial charge is 0.143 e. The Balaban J connectivity index is 2.18. The monoisotopic (exact) mass is 346 g/mol. The van der Waals surface area contributed by atoms with Crippen LogP contribution < -0.4 is 0 Å². The van der Waals surface area contributed by atoms with Gasteiger partial charge in [0, 0.05) is 15.6 Å². The molecule has 3 aromatic rings. The molecular formula is C16H8Cl2N2OS. The van der Waals surface area contributed by atoms with Crippen LogP contribution in [0.5, 0.6) is 0 Å². The van der Waals surface area contributed by atoms with E-state index in [9.17, 15) is 10.4 Å². The van der Waals surface area contributed by atoms with Crippen molar-refractivity contribution in [3.05, 3.63) is 63.1 Å². The minimum absolute atomic E-state index is 0.0968. The fraction of sp³-hybridized carbons (Fsp3) is 0. The van der Waals surface area contributed by atoms with Crippen molar-refractivity contribution in [1.82, 2.24) is 4.98 Å². The highest BCUT2D eigenvalue weighted by Gasteiger charge is 2.15. The number of thiazole rings is 1. The molecule has 3 rings (SSSR count). The molecule has 0 spiro atoms. The maximum Gasteiger partial charge on any atom is 0.143 e. The van der Waals surface area contributed by atoms with Gasteiger partial charge in [-0.2, -0.15) is 5.26 Å². The third-order valence-corrected chi connectivity index (χ3v) is 4.48. The average molecular weight is 347 g/mol. The summed E-state index contributed by atoms with van der Waals surface area (Å²) in [6.45, 7) is 0. The number of fused-ring (bicyclic) bond motifs is 1. The summed E-state index contributed by atoms with van der Waals surface area (Å²) >= 11 is 13.2. The summed E-state index contributed by atoms with van der Waals surface area (Å²) in [5.41, 5.74) is 1.26. The van der Waals surface area contributed by atoms with Crippen molar-refractivity contribution >= 4 is 56.1 Å². The van der Waals surface area contributed by atoms with Gasteiger partial charge in [0.05, 0.1) is 10.2 Å². The summed E-state index contributed by atoms with van der Waals surface area (Å²) in [6, 6.07) is 14.2. The lowest BCUT2D eigenvalue weighted by atomic mass is 10.1. The molecule has 22 heavy (non-hydrogen) atoms. The summed E-state index contributed by atoms with van der Waals surface area (Å²) in [4.78, 5) is 4.39. The van der Waals surface area contributed by atoms with E-state index >= 15 is 0 Å². The Hall–Kier alpha value is -2.06. The zero-order valence-electron chi connectivity index (χ0n) is 11.0. The number of allylic oxidation sites excluding steroid dienone is 1. The molecule has 2 aromatic carbocycles. The number of aliphatic hydroxyl groups excluding tert-OH is 1. The molecular weight excluding hydrogens is 339 g/mol. The number of rotatable bonds is 2. The van der Waals surface area contributed by atoms with Gasteiger partial charge in [0.15, 0.2) is 0 Å². The Morgan fingerprint density at radius 2 is 1.82 bits per heavy atom. The van der Waals surface area contributed by atoms with Crippen LogP contribution in [0.4, 0.5) is 0 Å². The first-order valence-electron chi connectivity index (χ1n) is 6.24. The van der Waals surface area contributed by atoms with Crippen molar-refractivity contribution in [2.45, 2.75) is 0 Å². The van der Waals surface area contributed by atoms with E-state index in [-0.39, 0.29) is 11.3 Å². The zero-order valence-corrected chi connectivity index (χ0v) is 13.4. The molecule has 1 aromatic heterocycles. The second-order valence-corrected chi connectivity index (χ2v) is 6.38. The average Bonchev–Trinajstić information content (AvgIpc) is 2.90. The molecule has 0 saturated carbocycles. The Bertz CT molecular complexity index is 887. The molecule has 0 unspecified atom stereocenters. The first kappa shape index (κ1) is 14.9. The van der Waals surface area contributed by atoms with E-state index in [0.717, 1.165) is 10.2 Å². The summed E-state index contributed by atoms with van der Waals surface area (Å²) in [7, 11) is 0. The number of aromatic nitrogens is 1. The van der Waals surface area contributed by atoms with Gasteiger partial charge in [0.2, 0.25) is 0 Å². The summed E-state index contributed by atoms with van der Waals surface area (Å²) in [5, 5.41) is 21.0. The molecule has 0 fully saturated rings. The second kappa shape index (κ2) is 5.98. The fourth-order valence-corrected chi connectivity index (χ4v) is 3.50. The highest BCUT2D eigenvalue weighted by atomic mass is 35.5. The predicted octanol–water partition coefficient (Wildman–Crippen LogP) is 5.55. The number of aliphatic hydroxyl groups is 1. The molecule has 6 heteroatoms. The third kappa shape index (κ3) is 2.79. The molecule has 3 nitrogen and oxygen atoms in total. The van der Waals surface area contributed by atoms with E-state index in [1.807, 2.05) is 30.3 Å². The zero-order chi connectivity index (χ0) is 15.7. The van der Waals surface area contributed by atoms with Gasteiger partial charge in [0.25, 0.3) is 0 Å². The number of hydrogen-bond acceptors (Lipinski definition) is 4. The van der Waals surface area contributed by atoms with E-state index in [4.69, 9.17) is 23.2 Å².